The highest BCUT2D eigenvalue weighted by molar-refractivity contribution is 5.91. The molecule has 178 valence electrons. The van der Waals surface area contributed by atoms with Gasteiger partial charge in [0.25, 0.3) is 5.56 Å². The van der Waals surface area contributed by atoms with E-state index in [-0.39, 0.29) is 42.7 Å². The molecule has 9 nitrogen and oxygen atoms in total. The summed E-state index contributed by atoms with van der Waals surface area (Å²) in [6.45, 7) is 5.18. The van der Waals surface area contributed by atoms with E-state index >= 15 is 4.39 Å². The third kappa shape index (κ3) is 4.33. The van der Waals surface area contributed by atoms with Crippen LogP contribution >= 0.6 is 0 Å². The molecule has 1 aliphatic heterocycles. The van der Waals surface area contributed by atoms with Gasteiger partial charge in [-0.1, -0.05) is 18.2 Å². The quantitative estimate of drug-likeness (QED) is 0.599. The number of likely N-dealkylation sites (tertiary alicyclic amines) is 1. The van der Waals surface area contributed by atoms with Crippen LogP contribution in [0.1, 0.15) is 33.6 Å². The van der Waals surface area contributed by atoms with Crippen molar-refractivity contribution in [3.63, 3.8) is 0 Å². The summed E-state index contributed by atoms with van der Waals surface area (Å²) in [6, 6.07) is 12.9. The molecule has 0 radical (unpaired) electrons. The molecule has 2 unspecified atom stereocenters. The van der Waals surface area contributed by atoms with Gasteiger partial charge in [-0.05, 0) is 45.4 Å². The number of aromatic amines is 1. The fourth-order valence-corrected chi connectivity index (χ4v) is 4.24. The number of benzene rings is 1. The number of carbonyl (C=O) groups is 1. The van der Waals surface area contributed by atoms with E-state index in [4.69, 9.17) is 4.74 Å². The van der Waals surface area contributed by atoms with Crippen LogP contribution in [-0.2, 0) is 10.3 Å². The molecule has 3 aromatic rings. The molecule has 3 heterocycles. The van der Waals surface area contributed by atoms with Crippen LogP contribution in [0.25, 0.3) is 10.9 Å². The Labute approximate surface area is 196 Å². The first-order valence-electron chi connectivity index (χ1n) is 11.1. The van der Waals surface area contributed by atoms with E-state index < -0.39 is 23.4 Å². The molecule has 0 aliphatic carbocycles. The second-order valence-corrected chi connectivity index (χ2v) is 9.40. The van der Waals surface area contributed by atoms with E-state index in [0.29, 0.717) is 11.2 Å². The molecule has 4 rings (SSSR count). The minimum Gasteiger partial charge on any atom is -0.444 e. The number of amides is 1. The predicted molar refractivity (Wildman–Crippen MR) is 126 cm³/mol. The third-order valence-electron chi connectivity index (χ3n) is 5.88. The van der Waals surface area contributed by atoms with Crippen molar-refractivity contribution in [3.05, 3.63) is 52.9 Å². The zero-order valence-electron chi connectivity index (χ0n) is 19.3. The van der Waals surface area contributed by atoms with Crippen LogP contribution in [0.5, 0.6) is 0 Å². The molecule has 2 N–H and O–H groups in total. The predicted octanol–water partition coefficient (Wildman–Crippen LogP) is 4.06. The highest BCUT2D eigenvalue weighted by Gasteiger charge is 2.48. The van der Waals surface area contributed by atoms with E-state index in [1.165, 1.54) is 15.8 Å². The fraction of sp³-hybridized carbons (Fsp3) is 0.417. The molecule has 2 atom stereocenters. The van der Waals surface area contributed by atoms with Crippen LogP contribution in [0.2, 0.25) is 0 Å². The zero-order valence-corrected chi connectivity index (χ0v) is 19.3. The third-order valence-corrected chi connectivity index (χ3v) is 5.88. The van der Waals surface area contributed by atoms with Crippen molar-refractivity contribution in [2.45, 2.75) is 50.9 Å². The van der Waals surface area contributed by atoms with E-state index in [0.717, 1.165) is 0 Å². The monoisotopic (exact) mass is 466 g/mol. The fourth-order valence-electron chi connectivity index (χ4n) is 4.24. The Hall–Kier alpha value is -3.87. The Morgan fingerprint density at radius 3 is 2.74 bits per heavy atom. The lowest BCUT2D eigenvalue weighted by Crippen LogP contribution is -2.56. The summed E-state index contributed by atoms with van der Waals surface area (Å²) >= 11 is 0. The lowest BCUT2D eigenvalue weighted by molar-refractivity contribution is -0.0166. The van der Waals surface area contributed by atoms with E-state index in [9.17, 15) is 14.9 Å². The summed E-state index contributed by atoms with van der Waals surface area (Å²) in [5.41, 5.74) is -1.32. The summed E-state index contributed by atoms with van der Waals surface area (Å²) in [5.74, 6) is 0.266. The highest BCUT2D eigenvalue weighted by Crippen LogP contribution is 2.39. The maximum Gasteiger partial charge on any atom is 0.410 e. The first kappa shape index (κ1) is 23.3. The smallest absolute Gasteiger partial charge is 0.410 e. The normalized spacial score (nSPS) is 20.7. The van der Waals surface area contributed by atoms with Gasteiger partial charge in [0.2, 0.25) is 0 Å². The van der Waals surface area contributed by atoms with Crippen molar-refractivity contribution in [1.82, 2.24) is 19.7 Å². The topological polar surface area (TPSA) is 116 Å². The van der Waals surface area contributed by atoms with Crippen LogP contribution in [-0.4, -0.2) is 50.6 Å². The van der Waals surface area contributed by atoms with Crippen molar-refractivity contribution >= 4 is 28.5 Å². The van der Waals surface area contributed by atoms with Crippen LogP contribution in [0.3, 0.4) is 0 Å². The summed E-state index contributed by atoms with van der Waals surface area (Å²) in [7, 11) is 0. The van der Waals surface area contributed by atoms with Gasteiger partial charge < -0.3 is 19.9 Å². The molecule has 0 bridgehead atoms. The van der Waals surface area contributed by atoms with Crippen LogP contribution in [0.15, 0.2) is 47.4 Å². The van der Waals surface area contributed by atoms with Crippen LogP contribution in [0, 0.1) is 11.3 Å². The number of nitrogens with one attached hydrogen (secondary N) is 2. The van der Waals surface area contributed by atoms with Gasteiger partial charge in [-0.15, -0.1) is 0 Å². The molecule has 1 aliphatic rings. The average molecular weight is 467 g/mol. The van der Waals surface area contributed by atoms with Crippen molar-refractivity contribution in [2.75, 3.05) is 18.4 Å². The van der Waals surface area contributed by atoms with Gasteiger partial charge in [-0.2, -0.15) is 10.4 Å². The van der Waals surface area contributed by atoms with Crippen LogP contribution in [0.4, 0.5) is 20.7 Å². The summed E-state index contributed by atoms with van der Waals surface area (Å²) in [6.07, 6.45) is -0.785. The lowest BCUT2D eigenvalue weighted by atomic mass is 9.83. The largest absolute Gasteiger partial charge is 0.444 e. The molecule has 1 fully saturated rings. The van der Waals surface area contributed by atoms with Gasteiger partial charge in [0.1, 0.15) is 22.7 Å². The van der Waals surface area contributed by atoms with E-state index in [2.05, 4.69) is 21.5 Å². The number of alkyl halides is 1. The number of anilines is 2. The second kappa shape index (κ2) is 8.82. The minimum atomic E-state index is -1.61. The van der Waals surface area contributed by atoms with Gasteiger partial charge in [0.15, 0.2) is 5.82 Å². The van der Waals surface area contributed by atoms with E-state index in [1.807, 2.05) is 30.3 Å². The summed E-state index contributed by atoms with van der Waals surface area (Å²) < 4.78 is 22.8. The molecule has 0 spiro atoms. The number of rotatable bonds is 4. The van der Waals surface area contributed by atoms with Gasteiger partial charge >= 0.3 is 6.09 Å². The van der Waals surface area contributed by atoms with Gasteiger partial charge in [0, 0.05) is 18.4 Å². The van der Waals surface area contributed by atoms with Crippen molar-refractivity contribution < 1.29 is 13.9 Å². The number of aromatic nitrogens is 3. The molecule has 10 heteroatoms. The summed E-state index contributed by atoms with van der Waals surface area (Å²) in [4.78, 5) is 29.2. The number of hydrogen-bond donors (Lipinski definition) is 2. The first-order chi connectivity index (χ1) is 16.1. The number of fused-ring (bicyclic) bond motifs is 1. The SMILES string of the molecule is CC(C)(C)OC(=O)N1CCC(CC#N)(n2nc(Nc3ccccc3)c3c(=O)[nH]ccc32)C(F)C1. The average Bonchev–Trinajstić information content (AvgIpc) is 3.15. The molecule has 34 heavy (non-hydrogen) atoms. The molecule has 1 amide bonds. The van der Waals surface area contributed by atoms with Crippen molar-refractivity contribution in [1.29, 1.82) is 5.26 Å². The Balaban J connectivity index is 1.75. The maximum absolute atomic E-state index is 15.9. The highest BCUT2D eigenvalue weighted by atomic mass is 19.1. The standard InChI is InChI=1S/C24H27FN6O3/c1-23(2,3)34-22(33)30-14-11-24(10-12-26,18(25)15-30)31-17-9-13-27-21(32)19(17)20(29-31)28-16-7-5-4-6-8-16/h4-9,13,18H,10-11,14-15H2,1-3H3,(H,27,32)(H,28,29). The molecule has 1 aromatic carbocycles. The van der Waals surface area contributed by atoms with Gasteiger partial charge in [-0.25, -0.2) is 9.18 Å². The number of ether oxygens (including phenoxy) is 1. The Bertz CT molecular complexity index is 1290. The second-order valence-electron chi connectivity index (χ2n) is 9.40. The molecule has 1 saturated heterocycles. The number of H-pyrrole nitrogens is 1. The maximum atomic E-state index is 15.9. The number of carbonyl (C=O) groups excluding carboxylic acids is 1. The van der Waals surface area contributed by atoms with Crippen molar-refractivity contribution in [2.24, 2.45) is 0 Å². The first-order valence-corrected chi connectivity index (χ1v) is 11.1. The molecule has 2 aromatic heterocycles. The number of hydrogen-bond acceptors (Lipinski definition) is 6. The van der Waals surface area contributed by atoms with Crippen LogP contribution < -0.4 is 10.9 Å². The van der Waals surface area contributed by atoms with Crippen molar-refractivity contribution in [3.8, 4) is 6.07 Å². The number of halogens is 1. The number of piperidine rings is 1. The van der Waals surface area contributed by atoms with E-state index in [1.54, 1.807) is 26.8 Å². The Morgan fingerprint density at radius 1 is 1.35 bits per heavy atom. The number of para-hydroxylation sites is 1. The Morgan fingerprint density at radius 2 is 2.09 bits per heavy atom. The molecular formula is C24H27FN6O3. The van der Waals surface area contributed by atoms with Gasteiger partial charge in [-0.3, -0.25) is 9.48 Å². The molecular weight excluding hydrogens is 439 g/mol. The summed E-state index contributed by atoms with van der Waals surface area (Å²) in [5, 5.41) is 17.6. The van der Waals surface area contributed by atoms with Gasteiger partial charge in [0.05, 0.1) is 24.6 Å². The number of pyridine rings is 1. The number of nitrogens with zero attached hydrogens (tertiary/aromatic N) is 4. The minimum absolute atomic E-state index is 0.134. The number of nitriles is 1. The Kier molecular flexibility index (Phi) is 6.04. The lowest BCUT2D eigenvalue weighted by Gasteiger charge is -2.43. The molecule has 0 saturated carbocycles. The zero-order chi connectivity index (χ0) is 24.5.